The van der Waals surface area contributed by atoms with E-state index in [1.165, 1.54) is 0 Å². The van der Waals surface area contributed by atoms with Crippen LogP contribution in [0.15, 0.2) is 72.8 Å². The number of carbonyl (C=O) groups is 2. The number of aromatic nitrogens is 2. The zero-order chi connectivity index (χ0) is 21.1. The van der Waals surface area contributed by atoms with Crippen molar-refractivity contribution in [3.8, 4) is 11.1 Å². The molecule has 0 unspecified atom stereocenters. The van der Waals surface area contributed by atoms with Crippen molar-refractivity contribution in [3.63, 3.8) is 0 Å². The number of carboxylic acids is 1. The van der Waals surface area contributed by atoms with E-state index in [2.05, 4.69) is 16.0 Å². The van der Waals surface area contributed by atoms with E-state index in [-0.39, 0.29) is 5.78 Å². The Morgan fingerprint density at radius 1 is 0.967 bits per heavy atom. The van der Waals surface area contributed by atoms with Gasteiger partial charge >= 0.3 is 5.97 Å². The van der Waals surface area contributed by atoms with Crippen LogP contribution in [-0.2, 0) is 11.2 Å². The maximum absolute atomic E-state index is 11.5. The number of carbonyl (C=O) groups excluding carboxylic acids is 1. The zero-order valence-corrected chi connectivity index (χ0v) is 16.4. The van der Waals surface area contributed by atoms with Crippen LogP contribution in [-0.4, -0.2) is 26.8 Å². The van der Waals surface area contributed by atoms with Crippen LogP contribution in [0.4, 0.5) is 0 Å². The molecule has 0 fully saturated rings. The number of aromatic amines is 1. The van der Waals surface area contributed by atoms with Gasteiger partial charge in [0.05, 0.1) is 11.0 Å². The van der Waals surface area contributed by atoms with Crippen LogP contribution in [0.1, 0.15) is 34.2 Å². The Bertz CT molecular complexity index is 1250. The molecule has 0 aliphatic heterocycles. The van der Waals surface area contributed by atoms with E-state index in [9.17, 15) is 9.59 Å². The third-order valence-corrected chi connectivity index (χ3v) is 4.93. The second-order valence-electron chi connectivity index (χ2n) is 7.14. The zero-order valence-electron chi connectivity index (χ0n) is 16.4. The van der Waals surface area contributed by atoms with Crippen LogP contribution in [0.3, 0.4) is 0 Å². The van der Waals surface area contributed by atoms with Crippen molar-refractivity contribution < 1.29 is 14.7 Å². The van der Waals surface area contributed by atoms with Gasteiger partial charge < -0.3 is 10.1 Å². The summed E-state index contributed by atoms with van der Waals surface area (Å²) in [6.07, 6.45) is 3.34. The van der Waals surface area contributed by atoms with Gasteiger partial charge in [0, 0.05) is 18.1 Å². The molecule has 1 heterocycles. The molecular weight excluding hydrogens is 376 g/mol. The SMILES string of the molecule is CC(=O)c1ccc(-c2ccc3nc(Cc4ccc(C=CC(=O)O)cc4)[nH]c3c2)cc1. The highest BCUT2D eigenvalue weighted by Crippen LogP contribution is 2.24. The number of ketones is 1. The second-order valence-corrected chi connectivity index (χ2v) is 7.14. The van der Waals surface area contributed by atoms with Gasteiger partial charge in [0.25, 0.3) is 0 Å². The Labute approximate surface area is 173 Å². The average Bonchev–Trinajstić information content (AvgIpc) is 3.14. The van der Waals surface area contributed by atoms with Crippen LogP contribution in [0.25, 0.3) is 28.2 Å². The number of Topliss-reactive ketones (excluding diaryl/α,β-unsaturated/α-hetero) is 1. The minimum Gasteiger partial charge on any atom is -0.478 e. The minimum atomic E-state index is -0.962. The standard InChI is InChI=1S/C25H20N2O3/c1-16(28)19-7-9-20(10-8-19)21-11-12-22-23(15-21)27-24(26-22)14-18-4-2-17(3-5-18)6-13-25(29)30/h2-13,15H,14H2,1H3,(H,26,27)(H,29,30). The summed E-state index contributed by atoms with van der Waals surface area (Å²) >= 11 is 0. The minimum absolute atomic E-state index is 0.0566. The topological polar surface area (TPSA) is 83.1 Å². The molecule has 4 aromatic rings. The summed E-state index contributed by atoms with van der Waals surface area (Å²) < 4.78 is 0. The summed E-state index contributed by atoms with van der Waals surface area (Å²) in [5.41, 5.74) is 6.58. The van der Waals surface area contributed by atoms with Gasteiger partial charge in [-0.25, -0.2) is 9.78 Å². The molecule has 0 aliphatic carbocycles. The summed E-state index contributed by atoms with van der Waals surface area (Å²) in [5, 5.41) is 8.71. The van der Waals surface area contributed by atoms with Gasteiger partial charge in [-0.1, -0.05) is 54.6 Å². The van der Waals surface area contributed by atoms with E-state index < -0.39 is 5.97 Å². The van der Waals surface area contributed by atoms with Crippen molar-refractivity contribution in [2.24, 2.45) is 0 Å². The molecule has 0 saturated carbocycles. The van der Waals surface area contributed by atoms with Crippen molar-refractivity contribution in [1.82, 2.24) is 9.97 Å². The first-order valence-corrected chi connectivity index (χ1v) is 9.58. The molecule has 1 aromatic heterocycles. The quantitative estimate of drug-likeness (QED) is 0.350. The molecule has 0 spiro atoms. The van der Waals surface area contributed by atoms with Crippen LogP contribution in [0.2, 0.25) is 0 Å². The number of H-pyrrole nitrogens is 1. The highest BCUT2D eigenvalue weighted by Gasteiger charge is 2.07. The number of carboxylic acid groups (broad SMARTS) is 1. The average molecular weight is 396 g/mol. The molecule has 0 aliphatic rings. The first kappa shape index (κ1) is 19.3. The van der Waals surface area contributed by atoms with Crippen molar-refractivity contribution in [2.75, 3.05) is 0 Å². The molecule has 0 radical (unpaired) electrons. The van der Waals surface area contributed by atoms with E-state index in [4.69, 9.17) is 5.11 Å². The molecule has 0 bridgehead atoms. The summed E-state index contributed by atoms with van der Waals surface area (Å²) in [6.45, 7) is 1.56. The van der Waals surface area contributed by atoms with Crippen molar-refractivity contribution in [2.45, 2.75) is 13.3 Å². The Kier molecular flexibility index (Phi) is 5.26. The smallest absolute Gasteiger partial charge is 0.328 e. The summed E-state index contributed by atoms with van der Waals surface area (Å²) in [6, 6.07) is 21.4. The Balaban J connectivity index is 1.53. The fraction of sp³-hybridized carbons (Fsp3) is 0.0800. The maximum atomic E-state index is 11.5. The second kappa shape index (κ2) is 8.17. The van der Waals surface area contributed by atoms with Crippen molar-refractivity contribution in [1.29, 1.82) is 0 Å². The van der Waals surface area contributed by atoms with E-state index >= 15 is 0 Å². The Morgan fingerprint density at radius 3 is 2.33 bits per heavy atom. The first-order valence-electron chi connectivity index (χ1n) is 9.58. The lowest BCUT2D eigenvalue weighted by molar-refractivity contribution is -0.131. The summed E-state index contributed by atoms with van der Waals surface area (Å²) in [7, 11) is 0. The lowest BCUT2D eigenvalue weighted by atomic mass is 10.0. The largest absolute Gasteiger partial charge is 0.478 e. The summed E-state index contributed by atoms with van der Waals surface area (Å²) in [4.78, 5) is 30.1. The van der Waals surface area contributed by atoms with Gasteiger partial charge in [0.15, 0.2) is 5.78 Å². The molecule has 0 atom stereocenters. The number of hydrogen-bond acceptors (Lipinski definition) is 3. The summed E-state index contributed by atoms with van der Waals surface area (Å²) in [5.74, 6) is -0.0421. The first-order chi connectivity index (χ1) is 14.5. The van der Waals surface area contributed by atoms with Gasteiger partial charge in [0.1, 0.15) is 5.82 Å². The lowest BCUT2D eigenvalue weighted by Gasteiger charge is -2.03. The fourth-order valence-electron chi connectivity index (χ4n) is 3.33. The molecule has 30 heavy (non-hydrogen) atoms. The van der Waals surface area contributed by atoms with Crippen LogP contribution >= 0.6 is 0 Å². The number of aliphatic carboxylic acids is 1. The molecule has 0 amide bonds. The molecule has 5 heteroatoms. The molecule has 2 N–H and O–H groups in total. The van der Waals surface area contributed by atoms with Gasteiger partial charge in [0.2, 0.25) is 0 Å². The number of imidazole rings is 1. The fourth-order valence-corrected chi connectivity index (χ4v) is 3.33. The van der Waals surface area contributed by atoms with Gasteiger partial charge in [-0.15, -0.1) is 0 Å². The van der Waals surface area contributed by atoms with Crippen molar-refractivity contribution in [3.05, 3.63) is 95.3 Å². The third-order valence-electron chi connectivity index (χ3n) is 4.93. The molecule has 4 rings (SSSR count). The molecular formula is C25H20N2O3. The third kappa shape index (κ3) is 4.36. The molecule has 148 valence electrons. The molecule has 0 saturated heterocycles. The molecule has 5 nitrogen and oxygen atoms in total. The number of rotatable bonds is 6. The van der Waals surface area contributed by atoms with Crippen molar-refractivity contribution >= 4 is 28.9 Å². The van der Waals surface area contributed by atoms with Gasteiger partial charge in [-0.2, -0.15) is 0 Å². The van der Waals surface area contributed by atoms with Crippen LogP contribution in [0.5, 0.6) is 0 Å². The number of nitrogens with zero attached hydrogens (tertiary/aromatic N) is 1. The predicted molar refractivity (Wildman–Crippen MR) is 117 cm³/mol. The lowest BCUT2D eigenvalue weighted by Crippen LogP contribution is -1.91. The van der Waals surface area contributed by atoms with Gasteiger partial charge in [-0.3, -0.25) is 4.79 Å². The maximum Gasteiger partial charge on any atom is 0.328 e. The highest BCUT2D eigenvalue weighted by molar-refractivity contribution is 5.94. The normalized spacial score (nSPS) is 11.2. The Hall–Kier alpha value is -3.99. The van der Waals surface area contributed by atoms with E-state index in [0.717, 1.165) is 45.2 Å². The number of fused-ring (bicyclic) bond motifs is 1. The predicted octanol–water partition coefficient (Wildman–Crippen LogP) is 5.12. The van der Waals surface area contributed by atoms with E-state index in [1.807, 2.05) is 60.7 Å². The van der Waals surface area contributed by atoms with E-state index in [0.29, 0.717) is 12.0 Å². The van der Waals surface area contributed by atoms with Crippen LogP contribution in [0, 0.1) is 0 Å². The van der Waals surface area contributed by atoms with E-state index in [1.54, 1.807) is 13.0 Å². The van der Waals surface area contributed by atoms with Crippen LogP contribution < -0.4 is 0 Å². The van der Waals surface area contributed by atoms with Gasteiger partial charge in [-0.05, 0) is 47.4 Å². The number of hydrogen-bond donors (Lipinski definition) is 2. The number of benzene rings is 3. The number of nitrogens with one attached hydrogen (secondary N) is 1. The Morgan fingerprint density at radius 2 is 1.67 bits per heavy atom. The highest BCUT2D eigenvalue weighted by atomic mass is 16.4. The molecule has 3 aromatic carbocycles. The monoisotopic (exact) mass is 396 g/mol.